The summed E-state index contributed by atoms with van der Waals surface area (Å²) in [6.07, 6.45) is 3.81. The lowest BCUT2D eigenvalue weighted by Crippen LogP contribution is -2.53. The Morgan fingerprint density at radius 2 is 2.00 bits per heavy atom. The van der Waals surface area contributed by atoms with Gasteiger partial charge in [-0.25, -0.2) is 0 Å². The number of benzene rings is 1. The number of methoxy groups -OCH3 is 1. The van der Waals surface area contributed by atoms with Gasteiger partial charge in [-0.2, -0.15) is 0 Å². The first kappa shape index (κ1) is 15.8. The topological polar surface area (TPSA) is 55.6 Å². The van der Waals surface area contributed by atoms with Gasteiger partial charge in [0.15, 0.2) is 0 Å². The van der Waals surface area contributed by atoms with E-state index in [0.29, 0.717) is 12.6 Å². The van der Waals surface area contributed by atoms with E-state index in [1.54, 1.807) is 7.11 Å². The molecule has 1 aromatic carbocycles. The summed E-state index contributed by atoms with van der Waals surface area (Å²) in [4.78, 5) is 14.7. The zero-order valence-electron chi connectivity index (χ0n) is 13.3. The number of rotatable bonds is 7. The number of hydrogen-bond donors (Lipinski definition) is 1. The fourth-order valence-corrected chi connectivity index (χ4v) is 2.63. The van der Waals surface area contributed by atoms with Gasteiger partial charge in [0.05, 0.1) is 12.6 Å². The maximum Gasteiger partial charge on any atom is 0.242 e. The van der Waals surface area contributed by atoms with E-state index in [-0.39, 0.29) is 5.91 Å². The van der Waals surface area contributed by atoms with Crippen molar-refractivity contribution in [2.75, 3.05) is 7.11 Å². The smallest absolute Gasteiger partial charge is 0.242 e. The first-order valence-electron chi connectivity index (χ1n) is 7.71. The summed E-state index contributed by atoms with van der Waals surface area (Å²) in [5.41, 5.74) is 6.58. The molecule has 0 saturated heterocycles. The van der Waals surface area contributed by atoms with Crippen LogP contribution in [0.3, 0.4) is 0 Å². The molecule has 4 heteroatoms. The van der Waals surface area contributed by atoms with Crippen molar-refractivity contribution in [1.29, 1.82) is 0 Å². The molecule has 1 aliphatic carbocycles. The van der Waals surface area contributed by atoms with Gasteiger partial charge in [-0.1, -0.05) is 25.5 Å². The van der Waals surface area contributed by atoms with Gasteiger partial charge in [-0.15, -0.1) is 0 Å². The van der Waals surface area contributed by atoms with Crippen LogP contribution in [0.4, 0.5) is 0 Å². The van der Waals surface area contributed by atoms with Crippen molar-refractivity contribution < 1.29 is 9.53 Å². The van der Waals surface area contributed by atoms with Crippen molar-refractivity contribution >= 4 is 5.91 Å². The Morgan fingerprint density at radius 1 is 1.38 bits per heavy atom. The van der Waals surface area contributed by atoms with Gasteiger partial charge in [0.1, 0.15) is 5.75 Å². The van der Waals surface area contributed by atoms with Crippen LogP contribution in [0.5, 0.6) is 5.75 Å². The second kappa shape index (κ2) is 6.48. The first-order chi connectivity index (χ1) is 9.97. The molecule has 2 rings (SSSR count). The fraction of sp³-hybridized carbons (Fsp3) is 0.588. The Bertz CT molecular complexity index is 478. The molecule has 0 radical (unpaired) electrons. The summed E-state index contributed by atoms with van der Waals surface area (Å²) in [7, 11) is 1.65. The molecule has 2 N–H and O–H groups in total. The van der Waals surface area contributed by atoms with Gasteiger partial charge >= 0.3 is 0 Å². The maximum absolute atomic E-state index is 12.7. The van der Waals surface area contributed by atoms with Crippen molar-refractivity contribution in [2.45, 2.75) is 57.7 Å². The molecule has 1 atom stereocenters. The van der Waals surface area contributed by atoms with E-state index in [9.17, 15) is 4.79 Å². The predicted molar refractivity (Wildman–Crippen MR) is 84.1 cm³/mol. The minimum Gasteiger partial charge on any atom is -0.497 e. The molecule has 4 nitrogen and oxygen atoms in total. The molecule has 1 fully saturated rings. The average molecular weight is 290 g/mol. The third-order valence-electron chi connectivity index (χ3n) is 4.02. The van der Waals surface area contributed by atoms with Crippen LogP contribution in [0.15, 0.2) is 24.3 Å². The van der Waals surface area contributed by atoms with Crippen molar-refractivity contribution in [3.05, 3.63) is 29.8 Å². The number of carbonyl (C=O) groups excluding carboxylic acids is 1. The predicted octanol–water partition coefficient (Wildman–Crippen LogP) is 2.70. The van der Waals surface area contributed by atoms with Crippen LogP contribution >= 0.6 is 0 Å². The first-order valence-corrected chi connectivity index (χ1v) is 7.71. The monoisotopic (exact) mass is 290 g/mol. The van der Waals surface area contributed by atoms with E-state index in [0.717, 1.165) is 37.0 Å². The number of nitrogens with zero attached hydrogens (tertiary/aromatic N) is 1. The number of ether oxygens (including phenoxy) is 1. The van der Waals surface area contributed by atoms with Crippen LogP contribution in [-0.4, -0.2) is 29.5 Å². The van der Waals surface area contributed by atoms with Crippen molar-refractivity contribution in [2.24, 2.45) is 5.73 Å². The fourth-order valence-electron chi connectivity index (χ4n) is 2.63. The third-order valence-corrected chi connectivity index (χ3v) is 4.02. The summed E-state index contributed by atoms with van der Waals surface area (Å²) < 4.78 is 5.17. The highest BCUT2D eigenvalue weighted by Crippen LogP contribution is 2.31. The van der Waals surface area contributed by atoms with Gasteiger partial charge in [0, 0.05) is 12.6 Å². The van der Waals surface area contributed by atoms with Crippen LogP contribution in [0.25, 0.3) is 0 Å². The molecule has 1 aliphatic rings. The standard InChI is InChI=1S/C17H26N2O2/c1-4-11-17(2,18)16(20)19(14-7-8-14)12-13-5-9-15(21-3)10-6-13/h5-6,9-10,14H,4,7-8,11-12,18H2,1-3H3. The average Bonchev–Trinajstić information content (AvgIpc) is 3.29. The molecular weight excluding hydrogens is 264 g/mol. The van der Waals surface area contributed by atoms with Crippen LogP contribution < -0.4 is 10.5 Å². The van der Waals surface area contributed by atoms with Crippen molar-refractivity contribution in [1.82, 2.24) is 4.90 Å². The number of nitrogens with two attached hydrogens (primary N) is 1. The Labute approximate surface area is 127 Å². The van der Waals surface area contributed by atoms with E-state index < -0.39 is 5.54 Å². The van der Waals surface area contributed by atoms with Gasteiger partial charge in [0.2, 0.25) is 5.91 Å². The molecule has 116 valence electrons. The molecule has 0 bridgehead atoms. The number of amides is 1. The van der Waals surface area contributed by atoms with Gasteiger partial charge in [0.25, 0.3) is 0 Å². The Morgan fingerprint density at radius 3 is 2.48 bits per heavy atom. The molecule has 0 aliphatic heterocycles. The molecule has 1 amide bonds. The summed E-state index contributed by atoms with van der Waals surface area (Å²) in [6, 6.07) is 8.24. The Kier molecular flexibility index (Phi) is 4.88. The largest absolute Gasteiger partial charge is 0.497 e. The minimum absolute atomic E-state index is 0.0719. The lowest BCUT2D eigenvalue weighted by atomic mass is 9.95. The quantitative estimate of drug-likeness (QED) is 0.840. The molecule has 0 heterocycles. The Hall–Kier alpha value is -1.55. The molecule has 1 aromatic rings. The molecule has 21 heavy (non-hydrogen) atoms. The summed E-state index contributed by atoms with van der Waals surface area (Å²) in [5.74, 6) is 0.903. The summed E-state index contributed by atoms with van der Waals surface area (Å²) in [6.45, 7) is 4.54. The summed E-state index contributed by atoms with van der Waals surface area (Å²) >= 11 is 0. The van der Waals surface area contributed by atoms with Crippen molar-refractivity contribution in [3.8, 4) is 5.75 Å². The van der Waals surface area contributed by atoms with Crippen LogP contribution in [-0.2, 0) is 11.3 Å². The number of carbonyl (C=O) groups is 1. The van der Waals surface area contributed by atoms with Gasteiger partial charge < -0.3 is 15.4 Å². The van der Waals surface area contributed by atoms with Crippen LogP contribution in [0.1, 0.15) is 45.1 Å². The molecule has 0 aromatic heterocycles. The zero-order chi connectivity index (χ0) is 15.5. The van der Waals surface area contributed by atoms with E-state index in [2.05, 4.69) is 6.92 Å². The van der Waals surface area contributed by atoms with E-state index in [4.69, 9.17) is 10.5 Å². The normalized spacial score (nSPS) is 17.1. The number of hydrogen-bond acceptors (Lipinski definition) is 3. The van der Waals surface area contributed by atoms with E-state index in [1.807, 2.05) is 36.1 Å². The molecular formula is C17H26N2O2. The third kappa shape index (κ3) is 3.97. The maximum atomic E-state index is 12.7. The second-order valence-electron chi connectivity index (χ2n) is 6.18. The molecule has 1 saturated carbocycles. The lowest BCUT2D eigenvalue weighted by molar-refractivity contribution is -0.138. The van der Waals surface area contributed by atoms with Crippen LogP contribution in [0, 0.1) is 0 Å². The zero-order valence-corrected chi connectivity index (χ0v) is 13.3. The van der Waals surface area contributed by atoms with Crippen LogP contribution in [0.2, 0.25) is 0 Å². The molecule has 1 unspecified atom stereocenters. The van der Waals surface area contributed by atoms with E-state index in [1.165, 1.54) is 0 Å². The summed E-state index contributed by atoms with van der Waals surface area (Å²) in [5, 5.41) is 0. The lowest BCUT2D eigenvalue weighted by Gasteiger charge is -2.32. The van der Waals surface area contributed by atoms with Gasteiger partial charge in [-0.3, -0.25) is 4.79 Å². The highest BCUT2D eigenvalue weighted by atomic mass is 16.5. The van der Waals surface area contributed by atoms with E-state index >= 15 is 0 Å². The molecule has 0 spiro atoms. The highest BCUT2D eigenvalue weighted by Gasteiger charge is 2.39. The SMILES string of the molecule is CCCC(C)(N)C(=O)N(Cc1ccc(OC)cc1)C1CC1. The second-order valence-corrected chi connectivity index (χ2v) is 6.18. The highest BCUT2D eigenvalue weighted by molar-refractivity contribution is 5.86. The minimum atomic E-state index is -0.760. The van der Waals surface area contributed by atoms with Gasteiger partial charge in [-0.05, 0) is 43.9 Å². The Balaban J connectivity index is 2.10. The van der Waals surface area contributed by atoms with Crippen molar-refractivity contribution in [3.63, 3.8) is 0 Å².